The van der Waals surface area contributed by atoms with Crippen molar-refractivity contribution in [2.75, 3.05) is 17.2 Å². The average molecular weight is 453 g/mol. The van der Waals surface area contributed by atoms with Gasteiger partial charge in [0.25, 0.3) is 5.91 Å². The molecule has 0 atom stereocenters. The molecule has 0 unspecified atom stereocenters. The smallest absolute Gasteiger partial charge is 0.319 e. The van der Waals surface area contributed by atoms with E-state index in [2.05, 4.69) is 38.5 Å². The van der Waals surface area contributed by atoms with Gasteiger partial charge in [-0.05, 0) is 72.8 Å². The number of ether oxygens (including phenoxy) is 1. The van der Waals surface area contributed by atoms with Crippen LogP contribution in [0.3, 0.4) is 0 Å². The fraction of sp³-hybridized carbons (Fsp3) is 0.222. The summed E-state index contributed by atoms with van der Waals surface area (Å²) in [6, 6.07) is 14.1. The molecule has 0 aliphatic carbocycles. The van der Waals surface area contributed by atoms with Gasteiger partial charge >= 0.3 is 6.03 Å². The zero-order chi connectivity index (χ0) is 18.2. The van der Waals surface area contributed by atoms with Crippen LogP contribution in [0.1, 0.15) is 13.8 Å². The summed E-state index contributed by atoms with van der Waals surface area (Å²) in [5.41, 5.74) is 1.03. The number of carbonyl (C=O) groups is 2. The molecule has 0 bridgehead atoms. The van der Waals surface area contributed by atoms with Crippen LogP contribution < -0.4 is 20.7 Å². The van der Waals surface area contributed by atoms with Gasteiger partial charge in [-0.3, -0.25) is 4.79 Å². The van der Waals surface area contributed by atoms with Gasteiger partial charge in [-0.1, -0.05) is 12.1 Å². The van der Waals surface area contributed by atoms with E-state index < -0.39 is 0 Å². The third-order valence-corrected chi connectivity index (χ3v) is 3.77. The highest BCUT2D eigenvalue weighted by molar-refractivity contribution is 14.1. The highest BCUT2D eigenvalue weighted by Crippen LogP contribution is 2.21. The first-order valence-corrected chi connectivity index (χ1v) is 8.86. The predicted octanol–water partition coefficient (Wildman–Crippen LogP) is 3.84. The lowest BCUT2D eigenvalue weighted by Gasteiger charge is -2.14. The van der Waals surface area contributed by atoms with E-state index in [4.69, 9.17) is 4.74 Å². The van der Waals surface area contributed by atoms with Gasteiger partial charge in [0.2, 0.25) is 0 Å². The maximum atomic E-state index is 12.1. The molecule has 0 aliphatic heterocycles. The minimum absolute atomic E-state index is 0.0177. The predicted molar refractivity (Wildman–Crippen MR) is 107 cm³/mol. The van der Waals surface area contributed by atoms with E-state index in [9.17, 15) is 9.59 Å². The van der Waals surface area contributed by atoms with E-state index in [0.717, 1.165) is 3.57 Å². The number of rotatable bonds is 6. The molecule has 0 aliphatic rings. The van der Waals surface area contributed by atoms with Crippen LogP contribution in [0, 0.1) is 3.57 Å². The normalized spacial score (nSPS) is 10.2. The Bertz CT molecular complexity index is 733. The van der Waals surface area contributed by atoms with Gasteiger partial charge in [-0.25, -0.2) is 4.79 Å². The second-order valence-corrected chi connectivity index (χ2v) is 6.84. The van der Waals surface area contributed by atoms with Gasteiger partial charge in [0.05, 0.1) is 11.4 Å². The molecule has 7 heteroatoms. The van der Waals surface area contributed by atoms with Crippen LogP contribution in [0.5, 0.6) is 5.75 Å². The van der Waals surface area contributed by atoms with Crippen molar-refractivity contribution >= 4 is 45.9 Å². The second kappa shape index (κ2) is 9.26. The summed E-state index contributed by atoms with van der Waals surface area (Å²) in [5, 5.41) is 8.20. The van der Waals surface area contributed by atoms with Crippen molar-refractivity contribution in [1.82, 2.24) is 5.32 Å². The van der Waals surface area contributed by atoms with Crippen molar-refractivity contribution in [1.29, 1.82) is 0 Å². The lowest BCUT2D eigenvalue weighted by molar-refractivity contribution is -0.118. The molecular formula is C18H20IN3O3. The van der Waals surface area contributed by atoms with Crippen LogP contribution in [0.25, 0.3) is 0 Å². The van der Waals surface area contributed by atoms with Crippen molar-refractivity contribution < 1.29 is 14.3 Å². The Hall–Kier alpha value is -2.29. The van der Waals surface area contributed by atoms with E-state index in [-0.39, 0.29) is 24.6 Å². The third kappa shape index (κ3) is 6.61. The van der Waals surface area contributed by atoms with Gasteiger partial charge in [-0.2, -0.15) is 0 Å². The van der Waals surface area contributed by atoms with E-state index in [0.29, 0.717) is 17.1 Å². The summed E-state index contributed by atoms with van der Waals surface area (Å²) in [7, 11) is 0. The highest BCUT2D eigenvalue weighted by Gasteiger charge is 2.10. The largest absolute Gasteiger partial charge is 0.484 e. The minimum atomic E-state index is -0.327. The molecule has 0 radical (unpaired) electrons. The topological polar surface area (TPSA) is 79.5 Å². The molecule has 2 rings (SSSR count). The number of hydrogen-bond donors (Lipinski definition) is 3. The molecule has 3 amide bonds. The lowest BCUT2D eigenvalue weighted by atomic mass is 10.2. The Morgan fingerprint density at radius 1 is 1.00 bits per heavy atom. The molecule has 132 valence electrons. The molecule has 6 nitrogen and oxygen atoms in total. The van der Waals surface area contributed by atoms with Crippen molar-refractivity contribution in [2.45, 2.75) is 19.9 Å². The van der Waals surface area contributed by atoms with Crippen LogP contribution in [0.2, 0.25) is 0 Å². The Labute approximate surface area is 160 Å². The molecule has 25 heavy (non-hydrogen) atoms. The summed E-state index contributed by atoms with van der Waals surface area (Å²) in [4.78, 5) is 23.9. The minimum Gasteiger partial charge on any atom is -0.484 e. The fourth-order valence-corrected chi connectivity index (χ4v) is 2.35. The Morgan fingerprint density at radius 3 is 2.20 bits per heavy atom. The summed E-state index contributed by atoms with van der Waals surface area (Å²) < 4.78 is 6.55. The Balaban J connectivity index is 1.93. The fourth-order valence-electron chi connectivity index (χ4n) is 1.99. The second-order valence-electron chi connectivity index (χ2n) is 5.59. The molecular weight excluding hydrogens is 433 g/mol. The SMILES string of the molecule is CC(C)NC(=O)Nc1ccccc1NC(=O)COc1ccc(I)cc1. The first-order valence-electron chi connectivity index (χ1n) is 7.79. The van der Waals surface area contributed by atoms with Gasteiger partial charge in [0.1, 0.15) is 5.75 Å². The highest BCUT2D eigenvalue weighted by atomic mass is 127. The van der Waals surface area contributed by atoms with Gasteiger partial charge in [0.15, 0.2) is 6.61 Å². The monoisotopic (exact) mass is 453 g/mol. The number of amides is 3. The van der Waals surface area contributed by atoms with Crippen LogP contribution in [0.4, 0.5) is 16.2 Å². The molecule has 0 fully saturated rings. The molecule has 2 aromatic carbocycles. The van der Waals surface area contributed by atoms with Crippen LogP contribution in [-0.4, -0.2) is 24.6 Å². The third-order valence-electron chi connectivity index (χ3n) is 3.05. The van der Waals surface area contributed by atoms with Crippen molar-refractivity contribution in [3.05, 3.63) is 52.1 Å². The summed E-state index contributed by atoms with van der Waals surface area (Å²) in [6.07, 6.45) is 0. The van der Waals surface area contributed by atoms with Gasteiger partial charge in [0, 0.05) is 9.61 Å². The van der Waals surface area contributed by atoms with Crippen molar-refractivity contribution in [2.24, 2.45) is 0 Å². The van der Waals surface area contributed by atoms with Crippen LogP contribution in [-0.2, 0) is 4.79 Å². The van der Waals surface area contributed by atoms with Gasteiger partial charge in [-0.15, -0.1) is 0 Å². The van der Waals surface area contributed by atoms with Crippen molar-refractivity contribution in [3.8, 4) is 5.75 Å². The van der Waals surface area contributed by atoms with E-state index >= 15 is 0 Å². The molecule has 0 saturated carbocycles. The summed E-state index contributed by atoms with van der Waals surface area (Å²) >= 11 is 2.20. The number of benzene rings is 2. The zero-order valence-electron chi connectivity index (χ0n) is 14.0. The Morgan fingerprint density at radius 2 is 1.60 bits per heavy atom. The van der Waals surface area contributed by atoms with Crippen LogP contribution in [0.15, 0.2) is 48.5 Å². The molecule has 2 aromatic rings. The average Bonchev–Trinajstić information content (AvgIpc) is 2.55. The number of carbonyl (C=O) groups excluding carboxylic acids is 2. The standard InChI is InChI=1S/C18H20IN3O3/c1-12(2)20-18(24)22-16-6-4-3-5-15(16)21-17(23)11-25-14-9-7-13(19)8-10-14/h3-10,12H,11H2,1-2H3,(H,21,23)(H2,20,22,24). The molecule has 3 N–H and O–H groups in total. The molecule has 0 heterocycles. The number of para-hydroxylation sites is 2. The van der Waals surface area contributed by atoms with Gasteiger partial charge < -0.3 is 20.7 Å². The number of halogens is 1. The lowest BCUT2D eigenvalue weighted by Crippen LogP contribution is -2.34. The first kappa shape index (κ1) is 19.0. The number of nitrogens with one attached hydrogen (secondary N) is 3. The maximum Gasteiger partial charge on any atom is 0.319 e. The molecule has 0 aromatic heterocycles. The van der Waals surface area contributed by atoms with Crippen LogP contribution >= 0.6 is 22.6 Å². The summed E-state index contributed by atoms with van der Waals surface area (Å²) in [5.74, 6) is 0.315. The quantitative estimate of drug-likeness (QED) is 0.582. The molecule has 0 saturated heterocycles. The van der Waals surface area contributed by atoms with E-state index in [1.165, 1.54) is 0 Å². The van der Waals surface area contributed by atoms with Crippen molar-refractivity contribution in [3.63, 3.8) is 0 Å². The molecule has 0 spiro atoms. The zero-order valence-corrected chi connectivity index (χ0v) is 16.2. The Kier molecular flexibility index (Phi) is 7.05. The van der Waals surface area contributed by atoms with E-state index in [1.807, 2.05) is 26.0 Å². The first-order chi connectivity index (χ1) is 11.9. The maximum absolute atomic E-state index is 12.1. The van der Waals surface area contributed by atoms with E-state index in [1.54, 1.807) is 36.4 Å². The summed E-state index contributed by atoms with van der Waals surface area (Å²) in [6.45, 7) is 3.62. The number of anilines is 2. The number of hydrogen-bond acceptors (Lipinski definition) is 3. The number of urea groups is 1.